The fraction of sp³-hybridized carbons (Fsp3) is 0.550. The van der Waals surface area contributed by atoms with E-state index in [1.165, 1.54) is 42.3 Å². The van der Waals surface area contributed by atoms with E-state index in [2.05, 4.69) is 36.3 Å². The summed E-state index contributed by atoms with van der Waals surface area (Å²) in [6, 6.07) is 14.0. The van der Waals surface area contributed by atoms with Gasteiger partial charge in [-0.2, -0.15) is 0 Å². The van der Waals surface area contributed by atoms with Crippen LogP contribution in [0.1, 0.15) is 93.5 Å². The van der Waals surface area contributed by atoms with E-state index in [4.69, 9.17) is 30.5 Å². The van der Waals surface area contributed by atoms with Crippen LogP contribution >= 0.6 is 11.6 Å². The Morgan fingerprint density at radius 2 is 2.00 bits per heavy atom. The topological polar surface area (TPSA) is 99.1 Å². The first kappa shape index (κ1) is 34.0. The molecule has 4 aliphatic rings. The van der Waals surface area contributed by atoms with Gasteiger partial charge in [0.1, 0.15) is 24.0 Å². The van der Waals surface area contributed by atoms with E-state index in [1.54, 1.807) is 0 Å². The minimum atomic E-state index is -0.857. The number of fused-ring (bicyclic) bond motifs is 4. The highest BCUT2D eigenvalue weighted by Crippen LogP contribution is 2.58. The molecule has 9 heteroatoms. The predicted octanol–water partition coefficient (Wildman–Crippen LogP) is 7.81. The summed E-state index contributed by atoms with van der Waals surface area (Å²) in [4.78, 5) is 18.2. The highest BCUT2D eigenvalue weighted by Gasteiger charge is 2.55. The maximum atomic E-state index is 13.5. The lowest BCUT2D eigenvalue weighted by Crippen LogP contribution is -2.53. The van der Waals surface area contributed by atoms with Crippen molar-refractivity contribution in [2.75, 3.05) is 32.2 Å². The molecule has 49 heavy (non-hydrogen) atoms. The van der Waals surface area contributed by atoms with Crippen LogP contribution in [0.5, 0.6) is 17.2 Å². The predicted molar refractivity (Wildman–Crippen MR) is 190 cm³/mol. The minimum Gasteiger partial charge on any atom is -0.493 e. The van der Waals surface area contributed by atoms with Gasteiger partial charge in [0.05, 0.1) is 13.7 Å². The lowest BCUT2D eigenvalue weighted by molar-refractivity contribution is -0.148. The van der Waals surface area contributed by atoms with Crippen LogP contribution in [0.4, 0.5) is 5.69 Å². The summed E-state index contributed by atoms with van der Waals surface area (Å²) in [6.07, 6.45) is 10.4. The van der Waals surface area contributed by atoms with E-state index in [-0.39, 0.29) is 24.1 Å². The molecule has 1 fully saturated rings. The molecule has 1 aromatic heterocycles. The molecule has 2 aromatic carbocycles. The summed E-state index contributed by atoms with van der Waals surface area (Å²) in [5, 5.41) is 13.7. The van der Waals surface area contributed by atoms with Gasteiger partial charge in [0.15, 0.2) is 11.5 Å². The van der Waals surface area contributed by atoms with Gasteiger partial charge in [-0.05, 0) is 128 Å². The highest BCUT2D eigenvalue weighted by molar-refractivity contribution is 6.30. The zero-order chi connectivity index (χ0) is 34.2. The molecule has 1 saturated carbocycles. The number of carbonyl (C=O) groups excluding carboxylic acids is 1. The fourth-order valence-corrected chi connectivity index (χ4v) is 9.37. The van der Waals surface area contributed by atoms with Crippen molar-refractivity contribution >= 4 is 23.3 Å². The first-order valence-corrected chi connectivity index (χ1v) is 18.4. The number of anilines is 1. The zero-order valence-electron chi connectivity index (χ0n) is 28.9. The van der Waals surface area contributed by atoms with Crippen LogP contribution in [-0.2, 0) is 27.8 Å². The Hall–Kier alpha value is -3.49. The molecule has 0 radical (unpaired) electrons. The number of pyridine rings is 1. The monoisotopic (exact) mass is 688 g/mol. The van der Waals surface area contributed by atoms with Crippen molar-refractivity contribution in [3.8, 4) is 17.2 Å². The molecule has 0 bridgehead atoms. The molecule has 2 heterocycles. The Kier molecular flexibility index (Phi) is 9.73. The Labute approximate surface area is 294 Å². The second-order valence-electron chi connectivity index (χ2n) is 14.9. The summed E-state index contributed by atoms with van der Waals surface area (Å²) in [6.45, 7) is 5.71. The summed E-state index contributed by atoms with van der Waals surface area (Å²) in [5.41, 5.74) is 4.88. The highest BCUT2D eigenvalue weighted by atomic mass is 35.5. The molecular weight excluding hydrogens is 640 g/mol. The quantitative estimate of drug-likeness (QED) is 0.208. The normalized spacial score (nSPS) is 27.6. The van der Waals surface area contributed by atoms with Gasteiger partial charge in [0, 0.05) is 41.2 Å². The molecule has 7 rings (SSSR count). The lowest BCUT2D eigenvalue weighted by Gasteiger charge is -2.48. The molecule has 1 spiro atoms. The third-order valence-corrected chi connectivity index (χ3v) is 11.9. The van der Waals surface area contributed by atoms with Crippen LogP contribution in [0.2, 0.25) is 5.02 Å². The van der Waals surface area contributed by atoms with Crippen LogP contribution < -0.4 is 19.5 Å². The van der Waals surface area contributed by atoms with Gasteiger partial charge >= 0.3 is 5.97 Å². The van der Waals surface area contributed by atoms with Gasteiger partial charge in [-0.3, -0.25) is 4.98 Å². The van der Waals surface area contributed by atoms with Crippen molar-refractivity contribution in [2.45, 2.75) is 101 Å². The summed E-state index contributed by atoms with van der Waals surface area (Å²) in [7, 11) is 1.47. The van der Waals surface area contributed by atoms with E-state index in [0.29, 0.717) is 55.3 Å². The van der Waals surface area contributed by atoms with E-state index in [1.807, 2.05) is 36.5 Å². The first-order chi connectivity index (χ1) is 23.7. The maximum absolute atomic E-state index is 13.5. The van der Waals surface area contributed by atoms with E-state index in [0.717, 1.165) is 55.0 Å². The number of nitrogens with one attached hydrogen (secondary N) is 1. The van der Waals surface area contributed by atoms with E-state index < -0.39 is 5.54 Å². The fourth-order valence-electron chi connectivity index (χ4n) is 9.18. The first-order valence-electron chi connectivity index (χ1n) is 18.0. The number of carbonyl (C=O) groups is 1. The van der Waals surface area contributed by atoms with Crippen LogP contribution in [-0.4, -0.2) is 54.6 Å². The van der Waals surface area contributed by atoms with Crippen LogP contribution in [0.3, 0.4) is 0 Å². The molecule has 1 aliphatic heterocycles. The Balaban J connectivity index is 1.16. The molecule has 0 amide bonds. The number of ether oxygens (including phenoxy) is 4. The third kappa shape index (κ3) is 6.59. The molecule has 0 saturated heterocycles. The van der Waals surface area contributed by atoms with Crippen molar-refractivity contribution in [3.63, 3.8) is 0 Å². The Morgan fingerprint density at radius 1 is 1.16 bits per heavy atom. The van der Waals surface area contributed by atoms with Gasteiger partial charge in [0.25, 0.3) is 0 Å². The van der Waals surface area contributed by atoms with Gasteiger partial charge in [-0.1, -0.05) is 31.5 Å². The van der Waals surface area contributed by atoms with Crippen molar-refractivity contribution in [1.29, 1.82) is 0 Å². The molecule has 4 atom stereocenters. The number of hydrogen-bond acceptors (Lipinski definition) is 8. The van der Waals surface area contributed by atoms with Crippen molar-refractivity contribution in [1.82, 2.24) is 4.98 Å². The Bertz CT molecular complexity index is 1670. The van der Waals surface area contributed by atoms with Crippen LogP contribution in [0.25, 0.3) is 0 Å². The standard InChI is InChI=1S/C40H49ClN2O6/c1-25(23-47-34-10-16-42-33-9-4-6-26(2)37(33)34)18-28-19-27-20-35-36(49-31(11-17-44)24-48-35)22-32(27)39(28)12-14-40(15-13-39,38(45)46-3)43-30-8-5-7-29(41)21-30/h5,7-8,10,16,20-22,25-26,28,31,43-44H,4,6,9,11-15,17-19,23-24H2,1-3H3/t25-,26-,28+,31-,39?,40?/m1/s1. The number of hydrogen-bond donors (Lipinski definition) is 2. The number of aryl methyl sites for hydroxylation is 1. The van der Waals surface area contributed by atoms with Crippen molar-refractivity contribution in [3.05, 3.63) is 76.1 Å². The zero-order valence-corrected chi connectivity index (χ0v) is 29.7. The summed E-state index contributed by atoms with van der Waals surface area (Å²) in [5.74, 6) is 3.39. The number of benzene rings is 2. The number of rotatable bonds is 10. The van der Waals surface area contributed by atoms with E-state index >= 15 is 0 Å². The van der Waals surface area contributed by atoms with E-state index in [9.17, 15) is 9.90 Å². The third-order valence-electron chi connectivity index (χ3n) is 11.7. The summed E-state index contributed by atoms with van der Waals surface area (Å²) >= 11 is 6.33. The second kappa shape index (κ2) is 14.0. The largest absolute Gasteiger partial charge is 0.493 e. The minimum absolute atomic E-state index is 0.0523. The average Bonchev–Trinajstić information content (AvgIpc) is 3.38. The molecule has 3 aliphatic carbocycles. The molecular formula is C40H49ClN2O6. The number of aliphatic hydroxyl groups is 1. The average molecular weight is 689 g/mol. The molecule has 2 N–H and O–H groups in total. The smallest absolute Gasteiger partial charge is 0.331 e. The number of esters is 1. The van der Waals surface area contributed by atoms with Crippen molar-refractivity contribution < 1.29 is 28.8 Å². The van der Waals surface area contributed by atoms with Crippen LogP contribution in [0, 0.1) is 11.8 Å². The van der Waals surface area contributed by atoms with Crippen molar-refractivity contribution in [2.24, 2.45) is 11.8 Å². The number of aliphatic hydroxyl groups excluding tert-OH is 1. The number of halogens is 1. The van der Waals surface area contributed by atoms with Gasteiger partial charge < -0.3 is 29.4 Å². The maximum Gasteiger partial charge on any atom is 0.331 e. The van der Waals surface area contributed by atoms with Gasteiger partial charge in [-0.15, -0.1) is 0 Å². The molecule has 3 aromatic rings. The second-order valence-corrected chi connectivity index (χ2v) is 15.3. The molecule has 262 valence electrons. The SMILES string of the molecule is COC(=O)C1(Nc2cccc(Cl)c2)CCC2(CC1)c1cc3c(cc1C[C@@H]2C[C@@H](C)COc1ccnc2c1[C@H](C)CCC2)OC[C@@H](CCO)O3. The number of aromatic nitrogens is 1. The van der Waals surface area contributed by atoms with Crippen LogP contribution in [0.15, 0.2) is 48.7 Å². The lowest BCUT2D eigenvalue weighted by atomic mass is 9.59. The summed E-state index contributed by atoms with van der Waals surface area (Å²) < 4.78 is 24.5. The Morgan fingerprint density at radius 3 is 2.78 bits per heavy atom. The molecule has 8 nitrogen and oxygen atoms in total. The van der Waals surface area contributed by atoms with Gasteiger partial charge in [-0.25, -0.2) is 4.79 Å². The number of nitrogens with zero attached hydrogens (tertiary/aromatic N) is 1. The number of methoxy groups -OCH3 is 1. The molecule has 0 unspecified atom stereocenters. The van der Waals surface area contributed by atoms with Gasteiger partial charge in [0.2, 0.25) is 0 Å².